The molecule has 0 bridgehead atoms. The number of carbonyl (C=O) groups is 2. The Hall–Kier alpha value is -1.49. The zero-order valence-corrected chi connectivity index (χ0v) is 8.65. The standard InChI is InChI=1S/C9H8ClN3O2/c1-4-11-2-5(3-12-4)6-7(10)9(15)13-8(6)14/h2-3,6-7H,1H3,(H,13,14,15). The van der Waals surface area contributed by atoms with Crippen LogP contribution in [-0.4, -0.2) is 27.2 Å². The Labute approximate surface area is 90.9 Å². The molecular formula is C9H8ClN3O2. The number of hydrogen-bond acceptors (Lipinski definition) is 4. The van der Waals surface area contributed by atoms with E-state index in [4.69, 9.17) is 11.6 Å². The van der Waals surface area contributed by atoms with Crippen LogP contribution in [0.5, 0.6) is 0 Å². The first kappa shape index (κ1) is 10.0. The lowest BCUT2D eigenvalue weighted by molar-refractivity contribution is -0.125. The molecule has 1 N–H and O–H groups in total. The van der Waals surface area contributed by atoms with Crippen LogP contribution < -0.4 is 5.32 Å². The Morgan fingerprint density at radius 1 is 1.27 bits per heavy atom. The van der Waals surface area contributed by atoms with Crippen LogP contribution in [0.4, 0.5) is 0 Å². The van der Waals surface area contributed by atoms with Gasteiger partial charge in [0.05, 0.1) is 5.92 Å². The average molecular weight is 226 g/mol. The van der Waals surface area contributed by atoms with Gasteiger partial charge in [0.2, 0.25) is 11.8 Å². The van der Waals surface area contributed by atoms with E-state index in [9.17, 15) is 9.59 Å². The summed E-state index contributed by atoms with van der Waals surface area (Å²) in [6.45, 7) is 1.74. The van der Waals surface area contributed by atoms with Gasteiger partial charge in [0.1, 0.15) is 11.2 Å². The number of rotatable bonds is 1. The fourth-order valence-electron chi connectivity index (χ4n) is 1.44. The highest BCUT2D eigenvalue weighted by Crippen LogP contribution is 2.27. The van der Waals surface area contributed by atoms with Gasteiger partial charge in [-0.15, -0.1) is 11.6 Å². The monoisotopic (exact) mass is 225 g/mol. The van der Waals surface area contributed by atoms with Gasteiger partial charge in [-0.2, -0.15) is 0 Å². The minimum absolute atomic E-state index is 0.396. The topological polar surface area (TPSA) is 72.0 Å². The van der Waals surface area contributed by atoms with E-state index in [1.165, 1.54) is 12.4 Å². The van der Waals surface area contributed by atoms with E-state index in [0.29, 0.717) is 11.4 Å². The summed E-state index contributed by atoms with van der Waals surface area (Å²) < 4.78 is 0. The third-order valence-corrected chi connectivity index (χ3v) is 2.68. The number of imide groups is 1. The molecule has 5 nitrogen and oxygen atoms in total. The molecule has 1 fully saturated rings. The number of amides is 2. The van der Waals surface area contributed by atoms with Crippen molar-refractivity contribution in [2.75, 3.05) is 0 Å². The van der Waals surface area contributed by atoms with Crippen LogP contribution >= 0.6 is 11.6 Å². The van der Waals surface area contributed by atoms with Crippen LogP contribution in [0.1, 0.15) is 17.3 Å². The minimum atomic E-state index is -0.871. The molecule has 1 saturated heterocycles. The summed E-state index contributed by atoms with van der Waals surface area (Å²) in [6, 6.07) is 0. The largest absolute Gasteiger partial charge is 0.295 e. The second-order valence-corrected chi connectivity index (χ2v) is 3.77. The predicted molar refractivity (Wildman–Crippen MR) is 52.3 cm³/mol. The first-order valence-electron chi connectivity index (χ1n) is 4.37. The Morgan fingerprint density at radius 3 is 2.33 bits per heavy atom. The fraction of sp³-hybridized carbons (Fsp3) is 0.333. The SMILES string of the molecule is Cc1ncc(C2C(=O)NC(=O)C2Cl)cn1. The Kier molecular flexibility index (Phi) is 2.40. The molecule has 0 aliphatic carbocycles. The lowest BCUT2D eigenvalue weighted by atomic mass is 10.0. The molecule has 2 amide bonds. The van der Waals surface area contributed by atoms with E-state index < -0.39 is 23.1 Å². The van der Waals surface area contributed by atoms with Crippen molar-refractivity contribution in [3.8, 4) is 0 Å². The molecule has 15 heavy (non-hydrogen) atoms. The van der Waals surface area contributed by atoms with Crippen molar-refractivity contribution in [1.82, 2.24) is 15.3 Å². The maximum absolute atomic E-state index is 11.4. The van der Waals surface area contributed by atoms with Crippen LogP contribution in [0.2, 0.25) is 0 Å². The van der Waals surface area contributed by atoms with Gasteiger partial charge in [-0.1, -0.05) is 0 Å². The number of hydrogen-bond donors (Lipinski definition) is 1. The molecule has 6 heteroatoms. The Bertz CT molecular complexity index is 418. The first-order valence-corrected chi connectivity index (χ1v) is 4.80. The quantitative estimate of drug-likeness (QED) is 0.545. The summed E-state index contributed by atoms with van der Waals surface area (Å²) in [5, 5.41) is 1.29. The molecule has 0 radical (unpaired) electrons. The molecule has 2 atom stereocenters. The van der Waals surface area contributed by atoms with Crippen LogP contribution in [0.25, 0.3) is 0 Å². The summed E-state index contributed by atoms with van der Waals surface area (Å²) in [6.07, 6.45) is 3.03. The zero-order valence-electron chi connectivity index (χ0n) is 7.90. The van der Waals surface area contributed by atoms with Crippen LogP contribution in [-0.2, 0) is 9.59 Å². The Morgan fingerprint density at radius 2 is 1.87 bits per heavy atom. The lowest BCUT2D eigenvalue weighted by Crippen LogP contribution is -2.22. The minimum Gasteiger partial charge on any atom is -0.295 e. The molecule has 2 heterocycles. The van der Waals surface area contributed by atoms with E-state index in [1.807, 2.05) is 0 Å². The molecule has 1 aliphatic rings. The average Bonchev–Trinajstić information content (AvgIpc) is 2.44. The van der Waals surface area contributed by atoms with Crippen LogP contribution in [0, 0.1) is 6.92 Å². The molecule has 1 aliphatic heterocycles. The van der Waals surface area contributed by atoms with E-state index in [1.54, 1.807) is 6.92 Å². The van der Waals surface area contributed by atoms with E-state index >= 15 is 0 Å². The van der Waals surface area contributed by atoms with Gasteiger partial charge in [-0.25, -0.2) is 9.97 Å². The number of halogens is 1. The summed E-state index contributed by atoms with van der Waals surface area (Å²) in [5.74, 6) is -0.936. The highest BCUT2D eigenvalue weighted by molar-refractivity contribution is 6.37. The zero-order chi connectivity index (χ0) is 11.0. The molecule has 1 aromatic heterocycles. The third kappa shape index (κ3) is 1.70. The number of nitrogens with zero attached hydrogens (tertiary/aromatic N) is 2. The summed E-state index contributed by atoms with van der Waals surface area (Å²) >= 11 is 5.81. The van der Waals surface area contributed by atoms with Gasteiger partial charge in [-0.05, 0) is 6.92 Å². The Balaban J connectivity index is 2.34. The number of aryl methyl sites for hydroxylation is 1. The van der Waals surface area contributed by atoms with Gasteiger partial charge in [0, 0.05) is 18.0 Å². The normalized spacial score (nSPS) is 25.5. The van der Waals surface area contributed by atoms with Gasteiger partial charge in [-0.3, -0.25) is 14.9 Å². The van der Waals surface area contributed by atoms with Crippen molar-refractivity contribution in [2.45, 2.75) is 18.2 Å². The highest BCUT2D eigenvalue weighted by atomic mass is 35.5. The second-order valence-electron chi connectivity index (χ2n) is 3.30. The molecule has 78 valence electrons. The first-order chi connectivity index (χ1) is 7.09. The van der Waals surface area contributed by atoms with Crippen LogP contribution in [0.3, 0.4) is 0 Å². The van der Waals surface area contributed by atoms with Gasteiger partial charge >= 0.3 is 0 Å². The highest BCUT2D eigenvalue weighted by Gasteiger charge is 2.41. The fourth-order valence-corrected chi connectivity index (χ4v) is 1.75. The molecule has 2 unspecified atom stereocenters. The summed E-state index contributed by atoms with van der Waals surface area (Å²) in [7, 11) is 0. The van der Waals surface area contributed by atoms with Crippen molar-refractivity contribution >= 4 is 23.4 Å². The maximum Gasteiger partial charge on any atom is 0.245 e. The van der Waals surface area contributed by atoms with E-state index in [2.05, 4.69) is 15.3 Å². The van der Waals surface area contributed by atoms with Crippen molar-refractivity contribution in [2.24, 2.45) is 0 Å². The smallest absolute Gasteiger partial charge is 0.245 e. The molecule has 0 saturated carbocycles. The van der Waals surface area contributed by atoms with Crippen molar-refractivity contribution in [3.05, 3.63) is 23.8 Å². The molecule has 0 aromatic carbocycles. The predicted octanol–water partition coefficient (Wildman–Crippen LogP) is 0.132. The number of nitrogens with one attached hydrogen (secondary N) is 1. The van der Waals surface area contributed by atoms with Crippen molar-refractivity contribution < 1.29 is 9.59 Å². The van der Waals surface area contributed by atoms with Crippen molar-refractivity contribution in [3.63, 3.8) is 0 Å². The van der Waals surface area contributed by atoms with Gasteiger partial charge < -0.3 is 0 Å². The number of aromatic nitrogens is 2. The third-order valence-electron chi connectivity index (χ3n) is 2.23. The summed E-state index contributed by atoms with van der Waals surface area (Å²) in [5.41, 5.74) is 0.559. The van der Waals surface area contributed by atoms with E-state index in [-0.39, 0.29) is 0 Å². The van der Waals surface area contributed by atoms with Gasteiger partial charge in [0.15, 0.2) is 0 Å². The van der Waals surface area contributed by atoms with Crippen molar-refractivity contribution in [1.29, 1.82) is 0 Å². The van der Waals surface area contributed by atoms with Gasteiger partial charge in [0.25, 0.3) is 0 Å². The summed E-state index contributed by atoms with van der Waals surface area (Å²) in [4.78, 5) is 30.5. The number of alkyl halides is 1. The maximum atomic E-state index is 11.4. The van der Waals surface area contributed by atoms with Crippen LogP contribution in [0.15, 0.2) is 12.4 Å². The molecular weight excluding hydrogens is 218 g/mol. The lowest BCUT2D eigenvalue weighted by Gasteiger charge is -2.08. The number of carbonyl (C=O) groups excluding carboxylic acids is 2. The molecule has 0 spiro atoms. The van der Waals surface area contributed by atoms with E-state index in [0.717, 1.165) is 0 Å². The second kappa shape index (κ2) is 3.58. The molecule has 2 rings (SSSR count). The molecule has 1 aromatic rings.